The molecule has 1 atom stereocenters. The molecular formula is C22H20FN3O. The third-order valence-electron chi connectivity index (χ3n) is 3.89. The van der Waals surface area contributed by atoms with Gasteiger partial charge in [-0.2, -0.15) is 0 Å². The van der Waals surface area contributed by atoms with Crippen LogP contribution in [0.2, 0.25) is 0 Å². The third-order valence-corrected chi connectivity index (χ3v) is 3.89. The molecule has 136 valence electrons. The van der Waals surface area contributed by atoms with Crippen LogP contribution in [0.15, 0.2) is 60.8 Å². The summed E-state index contributed by atoms with van der Waals surface area (Å²) in [6.07, 6.45) is 1.05. The van der Waals surface area contributed by atoms with E-state index in [2.05, 4.69) is 21.8 Å². The third kappa shape index (κ3) is 5.29. The molecule has 0 aliphatic rings. The van der Waals surface area contributed by atoms with E-state index < -0.39 is 6.17 Å². The summed E-state index contributed by atoms with van der Waals surface area (Å²) in [5.74, 6) is 6.96. The number of hydrogen-bond acceptors (Lipinski definition) is 4. The Morgan fingerprint density at radius 2 is 1.85 bits per heavy atom. The molecule has 0 saturated carbocycles. The summed E-state index contributed by atoms with van der Waals surface area (Å²) in [4.78, 5) is 8.16. The Morgan fingerprint density at radius 1 is 1.07 bits per heavy atom. The zero-order chi connectivity index (χ0) is 19.1. The number of benzene rings is 1. The molecule has 3 aromatic rings. The van der Waals surface area contributed by atoms with E-state index in [9.17, 15) is 4.39 Å². The molecule has 2 N–H and O–H groups in total. The van der Waals surface area contributed by atoms with Crippen molar-refractivity contribution in [3.63, 3.8) is 0 Å². The second-order valence-corrected chi connectivity index (χ2v) is 6.04. The molecule has 0 fully saturated rings. The van der Waals surface area contributed by atoms with Crippen molar-refractivity contribution in [2.75, 3.05) is 5.73 Å². The van der Waals surface area contributed by atoms with Crippen LogP contribution >= 0.6 is 0 Å². The number of nitrogens with zero attached hydrogens (tertiary/aromatic N) is 2. The van der Waals surface area contributed by atoms with E-state index in [1.807, 2.05) is 42.5 Å². The Kier molecular flexibility index (Phi) is 6.01. The van der Waals surface area contributed by atoms with E-state index in [1.165, 1.54) is 6.92 Å². The summed E-state index contributed by atoms with van der Waals surface area (Å²) in [6.45, 7) is 1.89. The van der Waals surface area contributed by atoms with E-state index in [0.29, 0.717) is 30.3 Å². The molecule has 1 aromatic carbocycles. The number of hydrogen-bond donors (Lipinski definition) is 1. The van der Waals surface area contributed by atoms with Gasteiger partial charge in [0, 0.05) is 24.2 Å². The predicted octanol–water partition coefficient (Wildman–Crippen LogP) is 4.26. The van der Waals surface area contributed by atoms with Crippen molar-refractivity contribution in [1.29, 1.82) is 0 Å². The van der Waals surface area contributed by atoms with Crippen LogP contribution < -0.4 is 10.5 Å². The maximum Gasteiger partial charge on any atom is 0.213 e. The molecule has 1 unspecified atom stereocenters. The van der Waals surface area contributed by atoms with Crippen LogP contribution in [0.1, 0.15) is 35.5 Å². The van der Waals surface area contributed by atoms with E-state index in [-0.39, 0.29) is 5.69 Å². The fourth-order valence-electron chi connectivity index (χ4n) is 2.48. The first-order valence-electron chi connectivity index (χ1n) is 8.63. The minimum absolute atomic E-state index is 0.282. The van der Waals surface area contributed by atoms with Gasteiger partial charge in [0.15, 0.2) is 0 Å². The molecule has 0 amide bonds. The van der Waals surface area contributed by atoms with Crippen molar-refractivity contribution < 1.29 is 9.13 Å². The lowest BCUT2D eigenvalue weighted by molar-refractivity contribution is 0.294. The summed E-state index contributed by atoms with van der Waals surface area (Å²) in [5, 5.41) is 0. The Bertz CT molecular complexity index is 945. The number of nitrogens with two attached hydrogens (primary N) is 1. The monoisotopic (exact) mass is 361 g/mol. The highest BCUT2D eigenvalue weighted by atomic mass is 19.1. The quantitative estimate of drug-likeness (QED) is 0.690. The molecule has 0 spiro atoms. The molecule has 3 rings (SSSR count). The van der Waals surface area contributed by atoms with Gasteiger partial charge in [-0.1, -0.05) is 42.2 Å². The Labute approximate surface area is 158 Å². The maximum atomic E-state index is 13.7. The standard InChI is InChI=1S/C22H20FN3O/c1-16(23)22-19(12-13-20(24)26-22)6-4-5-17-8-10-18(11-9-17)15-27-21-7-2-3-14-25-21/h2-3,7-14,16H,5,15H2,1H3,(H2,24,26). The largest absolute Gasteiger partial charge is 0.473 e. The molecular weight excluding hydrogens is 341 g/mol. The van der Waals surface area contributed by atoms with Crippen LogP contribution in [0.3, 0.4) is 0 Å². The molecule has 4 nitrogen and oxygen atoms in total. The van der Waals surface area contributed by atoms with E-state index in [4.69, 9.17) is 10.5 Å². The topological polar surface area (TPSA) is 61.0 Å². The number of rotatable bonds is 5. The van der Waals surface area contributed by atoms with Crippen LogP contribution in [0.4, 0.5) is 10.2 Å². The van der Waals surface area contributed by atoms with Gasteiger partial charge in [-0.05, 0) is 36.2 Å². The van der Waals surface area contributed by atoms with Crippen molar-refractivity contribution in [2.24, 2.45) is 0 Å². The van der Waals surface area contributed by atoms with Crippen LogP contribution in [-0.2, 0) is 13.0 Å². The van der Waals surface area contributed by atoms with Crippen LogP contribution in [0.5, 0.6) is 5.88 Å². The van der Waals surface area contributed by atoms with Crippen molar-refractivity contribution >= 4 is 5.82 Å². The van der Waals surface area contributed by atoms with Crippen LogP contribution in [0, 0.1) is 11.8 Å². The van der Waals surface area contributed by atoms with Crippen molar-refractivity contribution in [3.8, 4) is 17.7 Å². The highest BCUT2D eigenvalue weighted by molar-refractivity contribution is 5.44. The van der Waals surface area contributed by atoms with E-state index in [0.717, 1.165) is 11.1 Å². The second kappa shape index (κ2) is 8.81. The molecule has 0 bridgehead atoms. The summed E-state index contributed by atoms with van der Waals surface area (Å²) in [6, 6.07) is 16.9. The summed E-state index contributed by atoms with van der Waals surface area (Å²) in [7, 11) is 0. The van der Waals surface area contributed by atoms with Gasteiger partial charge in [0.25, 0.3) is 0 Å². The Hall–Kier alpha value is -3.39. The van der Waals surface area contributed by atoms with Gasteiger partial charge in [0.2, 0.25) is 5.88 Å². The fraction of sp³-hybridized carbons (Fsp3) is 0.182. The molecule has 0 radical (unpaired) electrons. The van der Waals surface area contributed by atoms with Gasteiger partial charge in [-0.25, -0.2) is 14.4 Å². The average Bonchev–Trinajstić information content (AvgIpc) is 2.69. The summed E-state index contributed by atoms with van der Waals surface area (Å²) >= 11 is 0. The zero-order valence-electron chi connectivity index (χ0n) is 15.0. The van der Waals surface area contributed by atoms with Crippen molar-refractivity contribution in [1.82, 2.24) is 9.97 Å². The number of ether oxygens (including phenoxy) is 1. The lowest BCUT2D eigenvalue weighted by Gasteiger charge is -2.06. The minimum Gasteiger partial charge on any atom is -0.473 e. The Morgan fingerprint density at radius 3 is 2.56 bits per heavy atom. The molecule has 0 saturated heterocycles. The first-order valence-corrected chi connectivity index (χ1v) is 8.63. The summed E-state index contributed by atoms with van der Waals surface area (Å²) < 4.78 is 19.3. The average molecular weight is 361 g/mol. The van der Waals surface area contributed by atoms with Gasteiger partial charge in [0.1, 0.15) is 18.6 Å². The SMILES string of the molecule is CC(F)c1nc(N)ccc1C#CCc1ccc(COc2ccccn2)cc1. The molecule has 0 aliphatic heterocycles. The van der Waals surface area contributed by atoms with Gasteiger partial charge in [0.05, 0.1) is 5.69 Å². The first-order chi connectivity index (χ1) is 13.1. The van der Waals surface area contributed by atoms with Crippen LogP contribution in [0.25, 0.3) is 0 Å². The van der Waals surface area contributed by atoms with Crippen LogP contribution in [-0.4, -0.2) is 9.97 Å². The number of halogens is 1. The lowest BCUT2D eigenvalue weighted by Crippen LogP contribution is -2.00. The van der Waals surface area contributed by atoms with Gasteiger partial charge in [-0.3, -0.25) is 0 Å². The minimum atomic E-state index is -1.21. The summed E-state index contributed by atoms with van der Waals surface area (Å²) in [5.41, 5.74) is 8.59. The van der Waals surface area contributed by atoms with E-state index >= 15 is 0 Å². The molecule has 2 aromatic heterocycles. The fourth-order valence-corrected chi connectivity index (χ4v) is 2.48. The zero-order valence-corrected chi connectivity index (χ0v) is 15.0. The van der Waals surface area contributed by atoms with Crippen molar-refractivity contribution in [2.45, 2.75) is 26.1 Å². The van der Waals surface area contributed by atoms with E-state index in [1.54, 1.807) is 18.3 Å². The number of nitrogen functional groups attached to an aromatic ring is 1. The molecule has 0 aliphatic carbocycles. The molecule has 2 heterocycles. The molecule has 27 heavy (non-hydrogen) atoms. The smallest absolute Gasteiger partial charge is 0.213 e. The number of aromatic nitrogens is 2. The van der Waals surface area contributed by atoms with Gasteiger partial charge < -0.3 is 10.5 Å². The Balaban J connectivity index is 1.61. The number of pyridine rings is 2. The number of anilines is 1. The first kappa shape index (κ1) is 18.4. The maximum absolute atomic E-state index is 13.7. The normalized spacial score (nSPS) is 11.3. The van der Waals surface area contributed by atoms with Gasteiger partial charge in [-0.15, -0.1) is 0 Å². The number of alkyl halides is 1. The van der Waals surface area contributed by atoms with Crippen molar-refractivity contribution in [3.05, 3.63) is 83.2 Å². The second-order valence-electron chi connectivity index (χ2n) is 6.04. The highest BCUT2D eigenvalue weighted by Crippen LogP contribution is 2.19. The predicted molar refractivity (Wildman–Crippen MR) is 104 cm³/mol. The van der Waals surface area contributed by atoms with Gasteiger partial charge >= 0.3 is 0 Å². The molecule has 5 heteroatoms. The lowest BCUT2D eigenvalue weighted by atomic mass is 10.1. The highest BCUT2D eigenvalue weighted by Gasteiger charge is 2.10.